The van der Waals surface area contributed by atoms with Gasteiger partial charge in [0.2, 0.25) is 0 Å². The Morgan fingerprint density at radius 3 is 2.22 bits per heavy atom. The average molecular weight is 517 g/mol. The molecule has 4 aliphatic carbocycles. The Morgan fingerprint density at radius 1 is 1.00 bits per heavy atom. The van der Waals surface area contributed by atoms with Gasteiger partial charge in [-0.15, -0.1) is 0 Å². The summed E-state index contributed by atoms with van der Waals surface area (Å²) in [5.74, 6) is -2.17. The topological polar surface area (TPSA) is 129 Å². The minimum Gasteiger partial charge on any atom is -0.481 e. The van der Waals surface area contributed by atoms with Gasteiger partial charge in [0.25, 0.3) is 0 Å². The van der Waals surface area contributed by atoms with Crippen molar-refractivity contribution in [3.8, 4) is 0 Å². The minimum atomic E-state index is -1.00. The molecule has 9 atom stereocenters. The zero-order valence-corrected chi connectivity index (χ0v) is 23.4. The van der Waals surface area contributed by atoms with Crippen LogP contribution in [0.1, 0.15) is 93.4 Å². The summed E-state index contributed by atoms with van der Waals surface area (Å²) >= 11 is 0. The smallest absolute Gasteiger partial charge is 0.306 e. The summed E-state index contributed by atoms with van der Waals surface area (Å²) < 4.78 is 0. The van der Waals surface area contributed by atoms with Crippen LogP contribution in [0.2, 0.25) is 0 Å². The number of rotatable bonds is 6. The third-order valence-electron chi connectivity index (χ3n) is 11.6. The zero-order valence-electron chi connectivity index (χ0n) is 23.4. The number of hydrogen-bond donors (Lipinski definition) is 3. The molecule has 2 saturated carbocycles. The van der Waals surface area contributed by atoms with Gasteiger partial charge in [0.1, 0.15) is 11.6 Å². The van der Waals surface area contributed by atoms with Gasteiger partial charge in [-0.2, -0.15) is 0 Å². The number of hydrogen-bond acceptors (Lipinski definition) is 6. The molecule has 0 heterocycles. The van der Waals surface area contributed by atoms with Crippen LogP contribution in [0.15, 0.2) is 11.1 Å². The average Bonchev–Trinajstić information content (AvgIpc) is 2.99. The molecule has 0 aromatic heterocycles. The monoisotopic (exact) mass is 516 g/mol. The van der Waals surface area contributed by atoms with Gasteiger partial charge in [-0.05, 0) is 48.0 Å². The Balaban J connectivity index is 1.74. The maximum absolute atomic E-state index is 14.1. The molecule has 37 heavy (non-hydrogen) atoms. The molecule has 7 nitrogen and oxygen atoms in total. The Bertz CT molecular complexity index is 1070. The number of fused-ring (bicyclic) bond motifs is 4. The number of ketones is 3. The van der Waals surface area contributed by atoms with Gasteiger partial charge in [-0.1, -0.05) is 48.5 Å². The van der Waals surface area contributed by atoms with E-state index in [9.17, 15) is 34.5 Å². The molecule has 7 heteroatoms. The molecule has 0 aromatic carbocycles. The molecule has 3 N–H and O–H groups in total. The van der Waals surface area contributed by atoms with Crippen molar-refractivity contribution in [2.75, 3.05) is 0 Å². The van der Waals surface area contributed by atoms with E-state index in [1.54, 1.807) is 0 Å². The second kappa shape index (κ2) is 8.84. The largest absolute Gasteiger partial charge is 0.481 e. The third kappa shape index (κ3) is 3.82. The Hall–Kier alpha value is -1.86. The zero-order chi connectivity index (χ0) is 27.9. The van der Waals surface area contributed by atoms with Gasteiger partial charge in [0.05, 0.1) is 18.1 Å². The molecule has 0 aromatic rings. The Labute approximate surface area is 220 Å². The summed E-state index contributed by atoms with van der Waals surface area (Å²) in [6, 6.07) is 0. The highest BCUT2D eigenvalue weighted by atomic mass is 16.4. The molecule has 0 bridgehead atoms. The van der Waals surface area contributed by atoms with E-state index in [4.69, 9.17) is 0 Å². The predicted octanol–water partition coefficient (Wildman–Crippen LogP) is 4.13. The Kier molecular flexibility index (Phi) is 6.72. The van der Waals surface area contributed by atoms with Crippen LogP contribution in [0.25, 0.3) is 0 Å². The molecule has 0 amide bonds. The molecule has 0 aliphatic heterocycles. The van der Waals surface area contributed by atoms with Crippen molar-refractivity contribution in [2.45, 2.75) is 106 Å². The second-order valence-electron chi connectivity index (χ2n) is 13.9. The van der Waals surface area contributed by atoms with Gasteiger partial charge in [-0.3, -0.25) is 19.2 Å². The summed E-state index contributed by atoms with van der Waals surface area (Å²) in [7, 11) is 0. The van der Waals surface area contributed by atoms with Gasteiger partial charge < -0.3 is 15.3 Å². The summed E-state index contributed by atoms with van der Waals surface area (Å²) in [6.07, 6.45) is 0.421. The number of aliphatic hydroxyl groups excluding tert-OH is 2. The van der Waals surface area contributed by atoms with Crippen LogP contribution in [-0.4, -0.2) is 50.8 Å². The number of carboxylic acid groups (broad SMARTS) is 1. The normalized spacial score (nSPS) is 42.5. The summed E-state index contributed by atoms with van der Waals surface area (Å²) in [4.78, 5) is 50.8. The summed E-state index contributed by atoms with van der Waals surface area (Å²) in [6.45, 7) is 13.4. The molecule has 0 spiro atoms. The Morgan fingerprint density at radius 2 is 1.62 bits per heavy atom. The molecular weight excluding hydrogens is 472 g/mol. The van der Waals surface area contributed by atoms with E-state index < -0.39 is 45.8 Å². The molecule has 206 valence electrons. The SMILES string of the molecule is C[C@H](CC(=O)C[C@@H](C)[C@H]1C[C@@H](O)[C@@]2(C)C3=C(C(=O)C[C@@]12C)[C@@]1(C)CCC(=O)C(C)(C)[C@H]1C[C@@H]3O)C(=O)O. The fourth-order valence-electron chi connectivity index (χ4n) is 9.20. The molecule has 2 fully saturated rings. The van der Waals surface area contributed by atoms with Crippen LogP contribution in [0.4, 0.5) is 0 Å². The summed E-state index contributed by atoms with van der Waals surface area (Å²) in [5.41, 5.74) is -1.40. The van der Waals surface area contributed by atoms with Crippen molar-refractivity contribution in [1.29, 1.82) is 0 Å². The molecular formula is C30H44O7. The highest BCUT2D eigenvalue weighted by Crippen LogP contribution is 2.71. The maximum atomic E-state index is 14.1. The van der Waals surface area contributed by atoms with E-state index in [2.05, 4.69) is 6.92 Å². The predicted molar refractivity (Wildman–Crippen MR) is 137 cm³/mol. The van der Waals surface area contributed by atoms with E-state index in [0.29, 0.717) is 36.8 Å². The van der Waals surface area contributed by atoms with Crippen molar-refractivity contribution in [3.63, 3.8) is 0 Å². The van der Waals surface area contributed by atoms with E-state index >= 15 is 0 Å². The number of aliphatic carboxylic acids is 1. The van der Waals surface area contributed by atoms with E-state index in [1.165, 1.54) is 6.92 Å². The molecule has 4 rings (SSSR count). The van der Waals surface area contributed by atoms with Crippen LogP contribution in [-0.2, 0) is 19.2 Å². The van der Waals surface area contributed by atoms with Crippen molar-refractivity contribution in [1.82, 2.24) is 0 Å². The molecule has 4 aliphatic rings. The van der Waals surface area contributed by atoms with Crippen LogP contribution in [0, 0.1) is 45.3 Å². The number of aliphatic hydroxyl groups is 2. The molecule has 0 radical (unpaired) electrons. The lowest BCUT2D eigenvalue weighted by Gasteiger charge is -2.61. The molecule has 0 unspecified atom stereocenters. The number of carbonyl (C=O) groups is 4. The lowest BCUT2D eigenvalue weighted by Crippen LogP contribution is -2.60. The van der Waals surface area contributed by atoms with Gasteiger partial charge in [0, 0.05) is 47.5 Å². The highest BCUT2D eigenvalue weighted by molar-refractivity contribution is 6.01. The fourth-order valence-corrected chi connectivity index (χ4v) is 9.20. The molecule has 0 saturated heterocycles. The van der Waals surface area contributed by atoms with Crippen molar-refractivity contribution in [3.05, 3.63) is 11.1 Å². The van der Waals surface area contributed by atoms with Crippen LogP contribution in [0.5, 0.6) is 0 Å². The first kappa shape index (κ1) is 28.2. The first-order valence-electron chi connectivity index (χ1n) is 13.8. The van der Waals surface area contributed by atoms with Crippen molar-refractivity contribution >= 4 is 23.3 Å². The van der Waals surface area contributed by atoms with Crippen molar-refractivity contribution < 1.29 is 34.5 Å². The lowest BCUT2D eigenvalue weighted by atomic mass is 9.42. The van der Waals surface area contributed by atoms with E-state index in [1.807, 2.05) is 34.6 Å². The first-order chi connectivity index (χ1) is 16.9. The van der Waals surface area contributed by atoms with Crippen LogP contribution in [0.3, 0.4) is 0 Å². The summed E-state index contributed by atoms with van der Waals surface area (Å²) in [5, 5.41) is 32.4. The number of allylic oxidation sites excluding steroid dienone is 1. The number of carboxylic acids is 1. The van der Waals surface area contributed by atoms with Gasteiger partial charge >= 0.3 is 5.97 Å². The standard InChI is InChI=1S/C30H44O7/c1-15(10-17(31)11-16(2)26(36)37)18-12-23(35)30(7)25-19(32)13-21-27(3,4)22(34)8-9-28(21,5)24(25)20(33)14-29(18,30)6/h15-16,18-19,21,23,32,35H,8-14H2,1-7H3,(H,36,37)/t15-,16-,18-,19+,21-,23-,28+,29+,30+/m1/s1. The minimum absolute atomic E-state index is 0.0106. The van der Waals surface area contributed by atoms with Crippen LogP contribution < -0.4 is 0 Å². The second-order valence-corrected chi connectivity index (χ2v) is 13.9. The number of Topliss-reactive ketones (excluding diaryl/α,β-unsaturated/α-hetero) is 3. The third-order valence-corrected chi connectivity index (χ3v) is 11.6. The maximum Gasteiger partial charge on any atom is 0.306 e. The van der Waals surface area contributed by atoms with Gasteiger partial charge in [-0.25, -0.2) is 0 Å². The van der Waals surface area contributed by atoms with Crippen LogP contribution >= 0.6 is 0 Å². The van der Waals surface area contributed by atoms with Crippen molar-refractivity contribution in [2.24, 2.45) is 45.3 Å². The fraction of sp³-hybridized carbons (Fsp3) is 0.800. The van der Waals surface area contributed by atoms with E-state index in [-0.39, 0.29) is 54.4 Å². The quantitative estimate of drug-likeness (QED) is 0.484. The number of carbonyl (C=O) groups excluding carboxylic acids is 3. The highest BCUT2D eigenvalue weighted by Gasteiger charge is 2.70. The van der Waals surface area contributed by atoms with Gasteiger partial charge in [0.15, 0.2) is 5.78 Å². The first-order valence-corrected chi connectivity index (χ1v) is 13.8. The van der Waals surface area contributed by atoms with E-state index in [0.717, 1.165) is 0 Å². The lowest BCUT2D eigenvalue weighted by molar-refractivity contribution is -0.146.